The van der Waals surface area contributed by atoms with Gasteiger partial charge in [-0.25, -0.2) is 0 Å². The number of hydrogen-bond donors (Lipinski definition) is 1. The summed E-state index contributed by atoms with van der Waals surface area (Å²) in [6.45, 7) is 3.70. The SMILES string of the molecule is CNC(=O)c1nnc(CC2CCCOC2)c2cc(-c3ccc(C)cc3)sc12. The van der Waals surface area contributed by atoms with Gasteiger partial charge in [-0.1, -0.05) is 29.8 Å². The Kier molecular flexibility index (Phi) is 5.18. The fourth-order valence-electron chi connectivity index (χ4n) is 3.51. The predicted octanol–water partition coefficient (Wildman–Crippen LogP) is 4.00. The summed E-state index contributed by atoms with van der Waals surface area (Å²) in [7, 11) is 1.62. The number of benzene rings is 1. The fourth-order valence-corrected chi connectivity index (χ4v) is 4.68. The van der Waals surface area contributed by atoms with E-state index >= 15 is 0 Å². The third-order valence-corrected chi connectivity index (χ3v) is 6.23. The maximum atomic E-state index is 12.3. The van der Waals surface area contributed by atoms with Gasteiger partial charge in [0.25, 0.3) is 5.91 Å². The number of thiophene rings is 1. The molecule has 3 aromatic rings. The van der Waals surface area contributed by atoms with E-state index < -0.39 is 0 Å². The molecular weight excluding hydrogens is 358 g/mol. The van der Waals surface area contributed by atoms with E-state index in [1.54, 1.807) is 18.4 Å². The van der Waals surface area contributed by atoms with Crippen molar-refractivity contribution in [3.63, 3.8) is 0 Å². The van der Waals surface area contributed by atoms with E-state index in [1.165, 1.54) is 5.56 Å². The molecule has 140 valence electrons. The molecule has 2 aromatic heterocycles. The Morgan fingerprint density at radius 2 is 2.11 bits per heavy atom. The number of hydrogen-bond acceptors (Lipinski definition) is 5. The average Bonchev–Trinajstić information content (AvgIpc) is 3.15. The second-order valence-corrected chi connectivity index (χ2v) is 8.13. The van der Waals surface area contributed by atoms with Crippen molar-refractivity contribution in [1.82, 2.24) is 15.5 Å². The molecule has 0 saturated carbocycles. The summed E-state index contributed by atoms with van der Waals surface area (Å²) in [5.41, 5.74) is 3.74. The molecule has 1 aliphatic rings. The first kappa shape index (κ1) is 18.1. The van der Waals surface area contributed by atoms with Gasteiger partial charge in [0.05, 0.1) is 10.4 Å². The minimum atomic E-state index is -0.197. The molecule has 27 heavy (non-hydrogen) atoms. The summed E-state index contributed by atoms with van der Waals surface area (Å²) in [5, 5.41) is 12.4. The normalized spacial score (nSPS) is 17.2. The molecule has 0 bridgehead atoms. The number of carbonyl (C=O) groups is 1. The fraction of sp³-hybridized carbons (Fsp3) is 0.381. The van der Waals surface area contributed by atoms with Gasteiger partial charge in [-0.3, -0.25) is 4.79 Å². The average molecular weight is 382 g/mol. The van der Waals surface area contributed by atoms with Crippen molar-refractivity contribution in [2.45, 2.75) is 26.2 Å². The van der Waals surface area contributed by atoms with Crippen LogP contribution in [0.4, 0.5) is 0 Å². The van der Waals surface area contributed by atoms with Crippen molar-refractivity contribution in [2.24, 2.45) is 5.92 Å². The van der Waals surface area contributed by atoms with E-state index in [4.69, 9.17) is 4.74 Å². The number of ether oxygens (including phenoxy) is 1. The second kappa shape index (κ2) is 7.74. The Morgan fingerprint density at radius 1 is 1.30 bits per heavy atom. The van der Waals surface area contributed by atoms with Gasteiger partial charge in [-0.05, 0) is 43.7 Å². The Balaban J connectivity index is 1.79. The van der Waals surface area contributed by atoms with E-state index in [9.17, 15) is 4.79 Å². The number of aromatic nitrogens is 2. The van der Waals surface area contributed by atoms with E-state index in [-0.39, 0.29) is 5.91 Å². The molecule has 0 spiro atoms. The van der Waals surface area contributed by atoms with Crippen molar-refractivity contribution < 1.29 is 9.53 Å². The first-order valence-corrected chi connectivity index (χ1v) is 10.1. The third-order valence-electron chi connectivity index (χ3n) is 5.04. The summed E-state index contributed by atoms with van der Waals surface area (Å²) in [6.07, 6.45) is 3.08. The number of carbonyl (C=O) groups excluding carboxylic acids is 1. The molecule has 1 amide bonds. The Morgan fingerprint density at radius 3 is 2.81 bits per heavy atom. The zero-order chi connectivity index (χ0) is 18.8. The molecule has 1 aliphatic heterocycles. The monoisotopic (exact) mass is 381 g/mol. The van der Waals surface area contributed by atoms with Gasteiger partial charge >= 0.3 is 0 Å². The number of fused-ring (bicyclic) bond motifs is 1. The van der Waals surface area contributed by atoms with Gasteiger partial charge < -0.3 is 10.1 Å². The van der Waals surface area contributed by atoms with E-state index in [2.05, 4.69) is 52.8 Å². The highest BCUT2D eigenvalue weighted by atomic mass is 32.1. The minimum Gasteiger partial charge on any atom is -0.381 e. The van der Waals surface area contributed by atoms with Crippen LogP contribution in [0, 0.1) is 12.8 Å². The summed E-state index contributed by atoms with van der Waals surface area (Å²) in [5.74, 6) is 0.266. The zero-order valence-electron chi connectivity index (χ0n) is 15.6. The lowest BCUT2D eigenvalue weighted by atomic mass is 9.95. The molecule has 6 heteroatoms. The lowest BCUT2D eigenvalue weighted by Crippen LogP contribution is -2.22. The van der Waals surface area contributed by atoms with Crippen LogP contribution in [0.25, 0.3) is 20.5 Å². The van der Waals surface area contributed by atoms with Gasteiger partial charge in [0.15, 0.2) is 5.69 Å². The smallest absolute Gasteiger partial charge is 0.273 e. The lowest BCUT2D eigenvalue weighted by Gasteiger charge is -2.21. The standard InChI is InChI=1S/C21H23N3O2S/c1-13-5-7-15(8-6-13)18-11-16-17(10-14-4-3-9-26-12-14)23-24-19(20(16)27-18)21(25)22-2/h5-8,11,14H,3-4,9-10,12H2,1-2H3,(H,22,25). The van der Waals surface area contributed by atoms with Crippen LogP contribution in [0.15, 0.2) is 30.3 Å². The molecule has 1 atom stereocenters. The molecule has 0 radical (unpaired) electrons. The molecule has 1 aromatic carbocycles. The largest absolute Gasteiger partial charge is 0.381 e. The highest BCUT2D eigenvalue weighted by Crippen LogP contribution is 2.37. The number of nitrogens with one attached hydrogen (secondary N) is 1. The van der Waals surface area contributed by atoms with Crippen molar-refractivity contribution in [3.8, 4) is 10.4 Å². The second-order valence-electron chi connectivity index (χ2n) is 7.08. The van der Waals surface area contributed by atoms with Crippen LogP contribution in [0.2, 0.25) is 0 Å². The first-order valence-electron chi connectivity index (χ1n) is 9.31. The molecule has 5 nitrogen and oxygen atoms in total. The number of aryl methyl sites for hydroxylation is 1. The maximum absolute atomic E-state index is 12.3. The molecule has 3 heterocycles. The van der Waals surface area contributed by atoms with Crippen LogP contribution >= 0.6 is 11.3 Å². The molecule has 1 unspecified atom stereocenters. The topological polar surface area (TPSA) is 64.1 Å². The van der Waals surface area contributed by atoms with Crippen molar-refractivity contribution in [1.29, 1.82) is 0 Å². The van der Waals surface area contributed by atoms with Gasteiger partial charge in [0, 0.05) is 30.5 Å². The highest BCUT2D eigenvalue weighted by molar-refractivity contribution is 7.22. The van der Waals surface area contributed by atoms with Crippen molar-refractivity contribution in [2.75, 3.05) is 20.3 Å². The minimum absolute atomic E-state index is 0.197. The molecule has 4 rings (SSSR count). The number of amides is 1. The van der Waals surface area contributed by atoms with Crippen LogP contribution in [0.1, 0.15) is 34.6 Å². The summed E-state index contributed by atoms with van der Waals surface area (Å²) >= 11 is 1.61. The zero-order valence-corrected chi connectivity index (χ0v) is 16.4. The first-order chi connectivity index (χ1) is 13.2. The summed E-state index contributed by atoms with van der Waals surface area (Å²) in [6, 6.07) is 10.6. The van der Waals surface area contributed by atoms with Gasteiger partial charge in [-0.15, -0.1) is 16.4 Å². The van der Waals surface area contributed by atoms with Crippen LogP contribution in [-0.2, 0) is 11.2 Å². The van der Waals surface area contributed by atoms with Crippen LogP contribution < -0.4 is 5.32 Å². The van der Waals surface area contributed by atoms with Crippen LogP contribution in [0.3, 0.4) is 0 Å². The maximum Gasteiger partial charge on any atom is 0.273 e. The highest BCUT2D eigenvalue weighted by Gasteiger charge is 2.22. The number of nitrogens with zero attached hydrogens (tertiary/aromatic N) is 2. The molecule has 0 aliphatic carbocycles. The van der Waals surface area contributed by atoms with Crippen LogP contribution in [-0.4, -0.2) is 36.4 Å². The molecule has 1 N–H and O–H groups in total. The predicted molar refractivity (Wildman–Crippen MR) is 108 cm³/mol. The summed E-state index contributed by atoms with van der Waals surface area (Å²) < 4.78 is 6.53. The number of rotatable bonds is 4. The van der Waals surface area contributed by atoms with Gasteiger partial charge in [0.1, 0.15) is 0 Å². The lowest BCUT2D eigenvalue weighted by molar-refractivity contribution is 0.0547. The van der Waals surface area contributed by atoms with Gasteiger partial charge in [-0.2, -0.15) is 5.10 Å². The van der Waals surface area contributed by atoms with E-state index in [0.29, 0.717) is 11.6 Å². The van der Waals surface area contributed by atoms with Crippen LogP contribution in [0.5, 0.6) is 0 Å². The molecule has 1 fully saturated rings. The van der Waals surface area contributed by atoms with E-state index in [1.807, 2.05) is 0 Å². The Hall–Kier alpha value is -2.31. The van der Waals surface area contributed by atoms with E-state index in [0.717, 1.165) is 58.7 Å². The molecular formula is C21H23N3O2S. The summed E-state index contributed by atoms with van der Waals surface area (Å²) in [4.78, 5) is 13.4. The van der Waals surface area contributed by atoms with Crippen molar-refractivity contribution in [3.05, 3.63) is 47.3 Å². The third kappa shape index (κ3) is 3.73. The molecule has 1 saturated heterocycles. The quantitative estimate of drug-likeness (QED) is 0.742. The van der Waals surface area contributed by atoms with Crippen molar-refractivity contribution >= 4 is 27.3 Å². The van der Waals surface area contributed by atoms with Gasteiger partial charge in [0.2, 0.25) is 0 Å². The Labute approximate surface area is 162 Å². The Bertz CT molecular complexity index is 959.